The molecular weight excluding hydrogens is 496 g/mol. The zero-order chi connectivity index (χ0) is 26.8. The number of anilines is 1. The quantitative estimate of drug-likeness (QED) is 0.558. The molecule has 2 N–H and O–H groups in total. The van der Waals surface area contributed by atoms with Crippen LogP contribution in [0.25, 0.3) is 0 Å². The van der Waals surface area contributed by atoms with E-state index in [1.54, 1.807) is 11.0 Å². The zero-order valence-corrected chi connectivity index (χ0v) is 22.7. The first-order valence-electron chi connectivity index (χ1n) is 12.3. The second kappa shape index (κ2) is 10.6. The van der Waals surface area contributed by atoms with Crippen LogP contribution in [-0.2, 0) is 16.0 Å². The Morgan fingerprint density at radius 1 is 1.27 bits per heavy atom. The Kier molecular flexibility index (Phi) is 7.63. The summed E-state index contributed by atoms with van der Waals surface area (Å²) >= 11 is 1.09. The van der Waals surface area contributed by atoms with Gasteiger partial charge in [-0.3, -0.25) is 14.9 Å². The summed E-state index contributed by atoms with van der Waals surface area (Å²) in [6, 6.07) is 5.64. The SMILES string of the molecule is CC(C)(C)OC(=O)N1CCC(CNC(=O)c2cnc(NC(=O)COc3cccc4c3OC(C)(C)C4)s2)C1. The van der Waals surface area contributed by atoms with Crippen molar-refractivity contribution in [2.45, 2.75) is 58.7 Å². The van der Waals surface area contributed by atoms with Crippen LogP contribution in [0.5, 0.6) is 11.5 Å². The molecule has 0 saturated carbocycles. The number of fused-ring (bicyclic) bond motifs is 1. The minimum Gasteiger partial charge on any atom is -0.483 e. The number of para-hydroxylation sites is 1. The van der Waals surface area contributed by atoms with E-state index in [4.69, 9.17) is 14.2 Å². The van der Waals surface area contributed by atoms with Crippen molar-refractivity contribution in [1.29, 1.82) is 0 Å². The van der Waals surface area contributed by atoms with Crippen molar-refractivity contribution < 1.29 is 28.6 Å². The number of thiazole rings is 1. The van der Waals surface area contributed by atoms with Crippen LogP contribution >= 0.6 is 11.3 Å². The number of nitrogens with one attached hydrogen (secondary N) is 2. The van der Waals surface area contributed by atoms with Crippen molar-refractivity contribution >= 4 is 34.4 Å². The average Bonchev–Trinajstić information content (AvgIpc) is 3.52. The van der Waals surface area contributed by atoms with Gasteiger partial charge >= 0.3 is 6.09 Å². The number of carbonyl (C=O) groups excluding carboxylic acids is 3. The monoisotopic (exact) mass is 530 g/mol. The first kappa shape index (κ1) is 26.7. The van der Waals surface area contributed by atoms with Crippen LogP contribution in [0.3, 0.4) is 0 Å². The van der Waals surface area contributed by atoms with E-state index in [1.807, 2.05) is 46.8 Å². The number of aromatic nitrogens is 1. The van der Waals surface area contributed by atoms with Crippen LogP contribution in [0, 0.1) is 5.92 Å². The van der Waals surface area contributed by atoms with Crippen molar-refractivity contribution in [2.75, 3.05) is 31.6 Å². The van der Waals surface area contributed by atoms with Gasteiger partial charge in [0.15, 0.2) is 23.2 Å². The van der Waals surface area contributed by atoms with Crippen molar-refractivity contribution in [3.63, 3.8) is 0 Å². The van der Waals surface area contributed by atoms with E-state index >= 15 is 0 Å². The van der Waals surface area contributed by atoms with Gasteiger partial charge in [0.25, 0.3) is 11.8 Å². The second-order valence-electron chi connectivity index (χ2n) is 10.9. The van der Waals surface area contributed by atoms with E-state index in [2.05, 4.69) is 15.6 Å². The van der Waals surface area contributed by atoms with Crippen LogP contribution in [0.1, 0.15) is 56.3 Å². The molecule has 0 aliphatic carbocycles. The van der Waals surface area contributed by atoms with E-state index in [-0.39, 0.29) is 36.0 Å². The normalized spacial score (nSPS) is 18.1. The van der Waals surface area contributed by atoms with Crippen LogP contribution in [-0.4, -0.2) is 65.2 Å². The molecule has 2 aliphatic rings. The van der Waals surface area contributed by atoms with Crippen LogP contribution in [0.4, 0.5) is 9.93 Å². The number of carbonyl (C=O) groups is 3. The summed E-state index contributed by atoms with van der Waals surface area (Å²) in [4.78, 5) is 43.4. The molecule has 0 radical (unpaired) electrons. The Bertz CT molecular complexity index is 1170. The molecule has 1 aromatic carbocycles. The van der Waals surface area contributed by atoms with E-state index in [0.717, 1.165) is 29.7 Å². The lowest BCUT2D eigenvalue weighted by Gasteiger charge is -2.24. The standard InChI is InChI=1S/C26H34N4O6S/c1-25(2,3)36-24(33)30-10-9-16(14-30)12-27-22(32)19-13-28-23(37-19)29-20(31)15-34-18-8-6-7-17-11-26(4,5)35-21(17)18/h6-8,13,16H,9-12,14-15H2,1-5H3,(H,27,32)(H,28,29,31). The van der Waals surface area contributed by atoms with Gasteiger partial charge in [0.1, 0.15) is 16.1 Å². The Labute approximate surface area is 220 Å². The molecule has 2 aromatic rings. The fraction of sp³-hybridized carbons (Fsp3) is 0.538. The van der Waals surface area contributed by atoms with E-state index in [0.29, 0.717) is 41.1 Å². The van der Waals surface area contributed by atoms with E-state index < -0.39 is 5.60 Å². The Morgan fingerprint density at radius 2 is 2.05 bits per heavy atom. The second-order valence-corrected chi connectivity index (χ2v) is 12.0. The smallest absolute Gasteiger partial charge is 0.410 e. The molecule has 11 heteroatoms. The fourth-order valence-electron chi connectivity index (χ4n) is 4.25. The molecule has 2 aliphatic heterocycles. The van der Waals surface area contributed by atoms with Crippen molar-refractivity contribution in [1.82, 2.24) is 15.2 Å². The third-order valence-electron chi connectivity index (χ3n) is 5.88. The largest absolute Gasteiger partial charge is 0.483 e. The highest BCUT2D eigenvalue weighted by Crippen LogP contribution is 2.41. The van der Waals surface area contributed by atoms with Gasteiger partial charge in [-0.1, -0.05) is 23.5 Å². The number of hydrogen-bond acceptors (Lipinski definition) is 8. The van der Waals surface area contributed by atoms with Gasteiger partial charge in [-0.2, -0.15) is 0 Å². The lowest BCUT2D eigenvalue weighted by atomic mass is 10.0. The molecule has 37 heavy (non-hydrogen) atoms. The Morgan fingerprint density at radius 3 is 2.81 bits per heavy atom. The van der Waals surface area contributed by atoms with Gasteiger partial charge in [0.05, 0.1) is 6.20 Å². The van der Waals surface area contributed by atoms with E-state index in [1.165, 1.54) is 6.20 Å². The maximum Gasteiger partial charge on any atom is 0.410 e. The summed E-state index contributed by atoms with van der Waals surface area (Å²) in [6.07, 6.45) is 2.66. The van der Waals surface area contributed by atoms with Crippen LogP contribution in [0.15, 0.2) is 24.4 Å². The van der Waals surface area contributed by atoms with Gasteiger partial charge < -0.3 is 24.4 Å². The number of ether oxygens (including phenoxy) is 3. The maximum atomic E-state index is 12.6. The molecule has 1 atom stereocenters. The summed E-state index contributed by atoms with van der Waals surface area (Å²) in [5.41, 5.74) is 0.202. The molecule has 200 valence electrons. The summed E-state index contributed by atoms with van der Waals surface area (Å²) < 4.78 is 17.1. The first-order valence-corrected chi connectivity index (χ1v) is 13.2. The molecule has 1 saturated heterocycles. The molecule has 10 nitrogen and oxygen atoms in total. The molecule has 1 fully saturated rings. The topological polar surface area (TPSA) is 119 Å². The fourth-order valence-corrected chi connectivity index (χ4v) is 5.00. The summed E-state index contributed by atoms with van der Waals surface area (Å²) in [5, 5.41) is 5.88. The number of rotatable bonds is 7. The van der Waals surface area contributed by atoms with E-state index in [9.17, 15) is 14.4 Å². The zero-order valence-electron chi connectivity index (χ0n) is 21.9. The molecule has 3 amide bonds. The van der Waals surface area contributed by atoms with Crippen LogP contribution in [0.2, 0.25) is 0 Å². The third-order valence-corrected chi connectivity index (χ3v) is 6.79. The lowest BCUT2D eigenvalue weighted by molar-refractivity contribution is -0.118. The van der Waals surface area contributed by atoms with Gasteiger partial charge in [-0.15, -0.1) is 0 Å². The number of benzene rings is 1. The maximum absolute atomic E-state index is 12.6. The highest BCUT2D eigenvalue weighted by molar-refractivity contribution is 7.17. The summed E-state index contributed by atoms with van der Waals surface area (Å²) in [6.45, 7) is 10.9. The number of amides is 3. The van der Waals surface area contributed by atoms with Gasteiger partial charge in [-0.25, -0.2) is 9.78 Å². The van der Waals surface area contributed by atoms with Crippen molar-refractivity contribution in [3.05, 3.63) is 34.8 Å². The molecular formula is C26H34N4O6S. The molecule has 3 heterocycles. The number of nitrogens with zero attached hydrogens (tertiary/aromatic N) is 2. The highest BCUT2D eigenvalue weighted by atomic mass is 32.1. The Hall–Kier alpha value is -3.34. The number of hydrogen-bond donors (Lipinski definition) is 2. The molecule has 4 rings (SSSR count). The minimum atomic E-state index is -0.540. The van der Waals surface area contributed by atoms with Crippen molar-refractivity contribution in [3.8, 4) is 11.5 Å². The first-order chi connectivity index (χ1) is 17.4. The third kappa shape index (κ3) is 7.12. The highest BCUT2D eigenvalue weighted by Gasteiger charge is 2.33. The Balaban J connectivity index is 1.21. The summed E-state index contributed by atoms with van der Waals surface area (Å²) in [5.74, 6) is 0.684. The van der Waals surface area contributed by atoms with Crippen molar-refractivity contribution in [2.24, 2.45) is 5.92 Å². The minimum absolute atomic E-state index is 0.148. The lowest BCUT2D eigenvalue weighted by Crippen LogP contribution is -2.36. The van der Waals surface area contributed by atoms with Gasteiger partial charge in [0.2, 0.25) is 0 Å². The predicted octanol–water partition coefficient (Wildman–Crippen LogP) is 3.86. The molecule has 1 aromatic heterocycles. The van der Waals surface area contributed by atoms with Gasteiger partial charge in [-0.05, 0) is 53.0 Å². The molecule has 1 unspecified atom stereocenters. The number of likely N-dealkylation sites (tertiary alicyclic amines) is 1. The molecule has 0 bridgehead atoms. The summed E-state index contributed by atoms with van der Waals surface area (Å²) in [7, 11) is 0. The van der Waals surface area contributed by atoms with Crippen LogP contribution < -0.4 is 20.1 Å². The predicted molar refractivity (Wildman–Crippen MR) is 139 cm³/mol. The average molecular weight is 531 g/mol. The molecule has 0 spiro atoms. The van der Waals surface area contributed by atoms with Gasteiger partial charge in [0, 0.05) is 31.6 Å².